The van der Waals surface area contributed by atoms with Crippen molar-refractivity contribution < 1.29 is 70.5 Å². The molecule has 0 atom stereocenters. The fraction of sp³-hybridized carbons (Fsp3) is 1.00. The zero-order chi connectivity index (χ0) is 86.9. The minimum Gasteiger partial charge on any atom is -0.456 e. The van der Waals surface area contributed by atoms with Crippen LogP contribution in [0.4, 0.5) is 0 Å². The molecule has 0 saturated carbocycles. The van der Waals surface area contributed by atoms with Crippen LogP contribution in [0.1, 0.15) is 117 Å². The Morgan fingerprint density at radius 3 is 0.518 bits per heavy atom. The van der Waals surface area contributed by atoms with E-state index in [1.807, 2.05) is 0 Å². The molecule has 0 N–H and O–H groups in total. The monoisotopic (exact) mass is 1790 g/mol. The van der Waals surface area contributed by atoms with Crippen LogP contribution in [0.5, 0.6) is 0 Å². The lowest BCUT2D eigenvalue weighted by Crippen LogP contribution is -2.43. The van der Waals surface area contributed by atoms with Crippen LogP contribution in [0.15, 0.2) is 0 Å². The molecule has 670 valence electrons. The summed E-state index contributed by atoms with van der Waals surface area (Å²) in [6.07, 6.45) is 39.7. The number of hydrogen-bond donors (Lipinski definition) is 0. The van der Waals surface area contributed by atoms with Crippen LogP contribution in [-0.2, 0) is 70.5 Å². The molecule has 0 amide bonds. The van der Waals surface area contributed by atoms with Crippen LogP contribution < -0.4 is 0 Å². The Balaban J connectivity index is -0.000000721. The van der Waals surface area contributed by atoms with E-state index in [1.54, 1.807) is 119 Å². The van der Waals surface area contributed by atoms with Gasteiger partial charge in [-0.2, -0.15) is 0 Å². The Bertz CT molecular complexity index is 1950. The molecule has 0 rings (SSSR count). The summed E-state index contributed by atoms with van der Waals surface area (Å²) in [6.45, 7) is 58.7. The quantitative estimate of drug-likeness (QED) is 0.0531. The highest BCUT2D eigenvalue weighted by atomic mass is 28.4. The first-order valence-electron chi connectivity index (χ1n) is 45.1. The van der Waals surface area contributed by atoms with E-state index in [0.717, 1.165) is 95.1 Å². The van der Waals surface area contributed by atoms with Crippen molar-refractivity contribution >= 4 is 135 Å². The second-order valence-electron chi connectivity index (χ2n) is 40.3. The summed E-state index contributed by atoms with van der Waals surface area (Å²) in [7, 11) is 5.19. The minimum atomic E-state index is -2.52. The fourth-order valence-electron chi connectivity index (χ4n) is 16.3. The van der Waals surface area contributed by atoms with Gasteiger partial charge in [0.1, 0.15) is 33.6 Å². The van der Waals surface area contributed by atoms with Crippen molar-refractivity contribution in [1.29, 1.82) is 0 Å². The van der Waals surface area contributed by atoms with Crippen LogP contribution in [-0.4, -0.2) is 241 Å². The predicted molar refractivity (Wildman–Crippen MR) is 532 cm³/mol. The molecule has 0 aliphatic carbocycles. The molecule has 0 saturated heterocycles. The zero-order valence-electron chi connectivity index (χ0n) is 82.1. The maximum Gasteiger partial charge on any atom is 0.500 e. The normalized spacial score (nSPS) is 13.2. The lowest BCUT2D eigenvalue weighted by Gasteiger charge is -2.32. The molecular weight excluding hydrogens is 1600 g/mol. The van der Waals surface area contributed by atoms with Crippen LogP contribution in [0.2, 0.25) is 292 Å². The van der Waals surface area contributed by atoms with E-state index in [0.29, 0.717) is 13.4 Å². The summed E-state index contributed by atoms with van der Waals surface area (Å²) >= 11 is 0. The largest absolute Gasteiger partial charge is 0.500 e. The van der Waals surface area contributed by atoms with Crippen molar-refractivity contribution in [2.75, 3.05) is 107 Å². The topological polar surface area (TPSA) is 148 Å². The molecule has 0 heterocycles. The maximum atomic E-state index is 6.57. The van der Waals surface area contributed by atoms with Crippen molar-refractivity contribution in [1.82, 2.24) is 0 Å². The van der Waals surface area contributed by atoms with Crippen molar-refractivity contribution in [2.45, 2.75) is 409 Å². The maximum absolute atomic E-state index is 6.57. The lowest BCUT2D eigenvalue weighted by atomic mass is 9.41. The van der Waals surface area contributed by atoms with Gasteiger partial charge in [0.15, 0.2) is 16.6 Å². The van der Waals surface area contributed by atoms with Gasteiger partial charge in [-0.25, -0.2) is 0 Å². The Hall–Kier alpha value is 2.29. The second kappa shape index (κ2) is 65.8. The highest BCUT2D eigenvalue weighted by molar-refractivity contribution is 6.85. The van der Waals surface area contributed by atoms with Crippen LogP contribution in [0.3, 0.4) is 0 Å². The number of unbranched alkanes of at least 4 members (excludes halogenated alkanes) is 1. The summed E-state index contributed by atoms with van der Waals surface area (Å²) in [5.41, 5.74) is 0. The first kappa shape index (κ1) is 121. The zero-order valence-corrected chi connectivity index (χ0v) is 94.1. The van der Waals surface area contributed by atoms with E-state index in [4.69, 9.17) is 70.5 Å². The van der Waals surface area contributed by atoms with E-state index in [-0.39, 0.29) is 0 Å². The lowest BCUT2D eigenvalue weighted by molar-refractivity contribution is 0.122. The minimum absolute atomic E-state index is 0.617. The van der Waals surface area contributed by atoms with Gasteiger partial charge in [-0.15, -0.1) is 0 Å². The molecular formula is C79H195B5O16Si12. The molecule has 0 aliphatic rings. The highest BCUT2D eigenvalue weighted by Crippen LogP contribution is 2.33. The summed E-state index contributed by atoms with van der Waals surface area (Å²) in [4.78, 5) is 0. The first-order valence-corrected chi connectivity index (χ1v) is 79.5. The van der Waals surface area contributed by atoms with Gasteiger partial charge in [-0.1, -0.05) is 340 Å². The van der Waals surface area contributed by atoms with Gasteiger partial charge in [-0.3, -0.25) is 0 Å². The molecule has 0 aromatic carbocycles. The SMILES string of the molecule is CCCB(CCC)CCC[Si](OC)(OC)OC.CCCCB(CCC[Si](OC)(OC)OC)CCC[Si](OC)(OC)OC.CO[Si](CCCB(CCC[Si](OC)(OC)OC)CC[Si](C)(C)O[Si](C)(C)C)(OC)OC.C[Si](C)(C)CCCB(CCC[Si](C)(C)C)CCC[Si](C)(C)CCCB(CCC[Si](C)(C)C)CCC[Si](C)(C)C. The van der Waals surface area contributed by atoms with E-state index in [1.165, 1.54) is 177 Å². The average Bonchev–Trinajstić information content (AvgIpc) is 0.879. The van der Waals surface area contributed by atoms with Crippen LogP contribution in [0.25, 0.3) is 0 Å². The molecule has 0 spiro atoms. The average molecular weight is 1790 g/mol. The van der Waals surface area contributed by atoms with Gasteiger partial charge in [0.25, 0.3) is 0 Å². The standard InChI is InChI=1S/C32H78B2Si5.C19H49BO7Si4.C16H39BO6Si2.C12H29BO3Si/c1-35(2,3)27-15-21-33(22-16-28-36(4,5)6)25-19-31-39(13,14)32-20-26-34(23-17-29-37(7,8)9)24-18-30-38(10,11)12;1-21-30(22-2,23-3)17-12-14-20(15-13-18-31(24-4,25-5)26-6)16-19-29(10,11)27-28(7,8)9;1-8-9-12-17(13-10-15-24(18-2,19-3)20-4)14-11-16-25(21-5,22-6)23-7;1-6-9-13(10-7-2)11-8-12-17(14-3,15-4)16-5/h15-32H2,1-14H3;12-19H2,1-11H3;8-16H2,1-7H3;6-12H2,1-5H3. The summed E-state index contributed by atoms with van der Waals surface area (Å²) in [5.74, 6) is 0. The molecule has 0 aromatic rings. The molecule has 0 bridgehead atoms. The molecule has 0 aliphatic heterocycles. The Morgan fingerprint density at radius 2 is 0.348 bits per heavy atom. The van der Waals surface area contributed by atoms with Crippen molar-refractivity contribution in [3.05, 3.63) is 0 Å². The molecule has 0 aromatic heterocycles. The van der Waals surface area contributed by atoms with Crippen molar-refractivity contribution in [2.24, 2.45) is 0 Å². The first-order chi connectivity index (χ1) is 52.1. The summed E-state index contributed by atoms with van der Waals surface area (Å²) in [5, 5.41) is 0. The van der Waals surface area contributed by atoms with E-state index in [9.17, 15) is 0 Å². The van der Waals surface area contributed by atoms with Gasteiger partial charge in [0.2, 0.25) is 0 Å². The fourth-order valence-corrected chi connectivity index (χ4v) is 40.8. The van der Waals surface area contributed by atoms with Gasteiger partial charge in [0, 0.05) is 177 Å². The molecule has 0 fully saturated rings. The molecule has 33 heteroatoms. The summed E-state index contributed by atoms with van der Waals surface area (Å²) in [6, 6.07) is 14.8. The smallest absolute Gasteiger partial charge is 0.456 e. The molecule has 16 nitrogen and oxygen atoms in total. The van der Waals surface area contributed by atoms with Crippen LogP contribution in [0, 0.1) is 0 Å². The van der Waals surface area contributed by atoms with Gasteiger partial charge >= 0.3 is 44.0 Å². The van der Waals surface area contributed by atoms with Crippen molar-refractivity contribution in [3.8, 4) is 0 Å². The molecule has 112 heavy (non-hydrogen) atoms. The highest BCUT2D eigenvalue weighted by Gasteiger charge is 2.42. The number of rotatable bonds is 71. The Kier molecular flexibility index (Phi) is 70.9. The predicted octanol–water partition coefficient (Wildman–Crippen LogP) is 25.8. The van der Waals surface area contributed by atoms with Gasteiger partial charge in [0.05, 0.1) is 0 Å². The Labute approximate surface area is 715 Å². The number of hydrogen-bond acceptors (Lipinski definition) is 16. The third-order valence-electron chi connectivity index (χ3n) is 23.3. The second-order valence-corrected chi connectivity index (χ2v) is 92.6. The third-order valence-corrected chi connectivity index (χ3v) is 54.5. The van der Waals surface area contributed by atoms with Gasteiger partial charge in [-0.05, 0) is 38.8 Å². The van der Waals surface area contributed by atoms with Gasteiger partial charge < -0.3 is 70.5 Å². The van der Waals surface area contributed by atoms with E-state index >= 15 is 0 Å². The van der Waals surface area contributed by atoms with Crippen LogP contribution >= 0.6 is 0 Å². The molecule has 0 radical (unpaired) electrons. The van der Waals surface area contributed by atoms with E-state index < -0.39 is 101 Å². The summed E-state index contributed by atoms with van der Waals surface area (Å²) < 4.78 is 89.6. The third kappa shape index (κ3) is 65.0. The molecule has 0 unspecified atom stereocenters. The van der Waals surface area contributed by atoms with E-state index in [2.05, 4.69) is 145 Å². The van der Waals surface area contributed by atoms with Crippen molar-refractivity contribution in [3.63, 3.8) is 0 Å². The Morgan fingerprint density at radius 1 is 0.179 bits per heavy atom.